The van der Waals surface area contributed by atoms with Crippen LogP contribution >= 0.6 is 11.8 Å². The molecule has 0 aliphatic rings. The highest BCUT2D eigenvalue weighted by molar-refractivity contribution is 8.13. The van der Waals surface area contributed by atoms with Gasteiger partial charge in [0.2, 0.25) is 6.43 Å². The lowest BCUT2D eigenvalue weighted by Gasteiger charge is -2.12. The van der Waals surface area contributed by atoms with Crippen molar-refractivity contribution in [3.05, 3.63) is 0 Å². The van der Waals surface area contributed by atoms with Gasteiger partial charge in [-0.3, -0.25) is 4.79 Å². The molecule has 0 spiro atoms. The third kappa shape index (κ3) is 7.96. The molecule has 0 amide bonds. The van der Waals surface area contributed by atoms with E-state index in [0.717, 1.165) is 11.8 Å². The van der Waals surface area contributed by atoms with E-state index in [9.17, 15) is 22.4 Å². The van der Waals surface area contributed by atoms with Crippen LogP contribution in [0.3, 0.4) is 0 Å². The number of carbonyl (C=O) groups is 1. The van der Waals surface area contributed by atoms with Crippen LogP contribution in [0.1, 0.15) is 32.6 Å². The van der Waals surface area contributed by atoms with Gasteiger partial charge in [-0.1, -0.05) is 18.7 Å². The molecule has 96 valence electrons. The van der Waals surface area contributed by atoms with Gasteiger partial charge in [-0.25, -0.2) is 17.6 Å². The van der Waals surface area contributed by atoms with Gasteiger partial charge in [-0.05, 0) is 12.8 Å². The number of alkyl halides is 4. The quantitative estimate of drug-likeness (QED) is 0.488. The highest BCUT2D eigenvalue weighted by Gasteiger charge is 2.23. The highest BCUT2D eigenvalue weighted by atomic mass is 32.2. The number of carbonyl (C=O) groups excluding carboxylic acids is 1. The van der Waals surface area contributed by atoms with E-state index in [0.29, 0.717) is 18.6 Å². The van der Waals surface area contributed by atoms with Crippen molar-refractivity contribution in [2.24, 2.45) is 0 Å². The van der Waals surface area contributed by atoms with Crippen LogP contribution in [0.4, 0.5) is 17.6 Å². The highest BCUT2D eigenvalue weighted by Crippen LogP contribution is 2.19. The summed E-state index contributed by atoms with van der Waals surface area (Å²) in [6.45, 7) is 1.72. The Morgan fingerprint density at radius 3 is 2.31 bits per heavy atom. The largest absolute Gasteiger partial charge is 0.287 e. The van der Waals surface area contributed by atoms with Gasteiger partial charge >= 0.3 is 0 Å². The fraction of sp³-hybridized carbons (Fsp3) is 0.900. The standard InChI is InChI=1S/C10H16F4OS/c1-2-10(15)16-5-3-4-7(11)8(12)6-9(13)14/h7-9H,2-6H2,1H3. The molecule has 0 aromatic carbocycles. The van der Waals surface area contributed by atoms with Crippen molar-refractivity contribution in [3.8, 4) is 0 Å². The maximum absolute atomic E-state index is 13.0. The second-order valence-corrected chi connectivity index (χ2v) is 4.53. The molecule has 0 heterocycles. The molecule has 2 atom stereocenters. The lowest BCUT2D eigenvalue weighted by molar-refractivity contribution is -0.110. The summed E-state index contributed by atoms with van der Waals surface area (Å²) in [5.41, 5.74) is 0. The van der Waals surface area contributed by atoms with Crippen molar-refractivity contribution in [3.63, 3.8) is 0 Å². The number of halogens is 4. The Morgan fingerprint density at radius 1 is 1.19 bits per heavy atom. The second-order valence-electron chi connectivity index (χ2n) is 3.38. The molecule has 0 rings (SSSR count). The Labute approximate surface area is 97.0 Å². The predicted molar refractivity (Wildman–Crippen MR) is 57.4 cm³/mol. The Kier molecular flexibility index (Phi) is 8.70. The number of thioether (sulfide) groups is 1. The molecular weight excluding hydrogens is 244 g/mol. The average Bonchev–Trinajstić information content (AvgIpc) is 2.22. The normalized spacial score (nSPS) is 15.1. The third-order valence-electron chi connectivity index (χ3n) is 1.97. The molecule has 0 aromatic rings. The molecule has 0 N–H and O–H groups in total. The summed E-state index contributed by atoms with van der Waals surface area (Å²) in [7, 11) is 0. The van der Waals surface area contributed by atoms with Gasteiger partial charge in [0, 0.05) is 18.6 Å². The zero-order valence-corrected chi connectivity index (χ0v) is 9.91. The van der Waals surface area contributed by atoms with Crippen molar-refractivity contribution in [2.45, 2.75) is 51.4 Å². The van der Waals surface area contributed by atoms with Crippen LogP contribution in [0.25, 0.3) is 0 Å². The zero-order valence-electron chi connectivity index (χ0n) is 9.10. The van der Waals surface area contributed by atoms with E-state index in [1.54, 1.807) is 6.92 Å². The number of rotatable bonds is 8. The fourth-order valence-electron chi connectivity index (χ4n) is 1.07. The Morgan fingerprint density at radius 2 is 1.81 bits per heavy atom. The molecule has 0 aliphatic carbocycles. The van der Waals surface area contributed by atoms with Gasteiger partial charge in [-0.15, -0.1) is 0 Å². The minimum absolute atomic E-state index is 0.000197. The van der Waals surface area contributed by atoms with Gasteiger partial charge in [0.05, 0.1) is 0 Å². The summed E-state index contributed by atoms with van der Waals surface area (Å²) in [6, 6.07) is 0. The second kappa shape index (κ2) is 8.84. The van der Waals surface area contributed by atoms with Gasteiger partial charge in [0.25, 0.3) is 0 Å². The van der Waals surface area contributed by atoms with Crippen LogP contribution < -0.4 is 0 Å². The van der Waals surface area contributed by atoms with Crippen molar-refractivity contribution in [1.29, 1.82) is 0 Å². The minimum Gasteiger partial charge on any atom is -0.287 e. The molecule has 16 heavy (non-hydrogen) atoms. The molecule has 0 aromatic heterocycles. The summed E-state index contributed by atoms with van der Waals surface area (Å²) in [5, 5.41) is -0.000197. The van der Waals surface area contributed by atoms with Crippen LogP contribution in [-0.4, -0.2) is 29.6 Å². The molecule has 0 radical (unpaired) electrons. The molecule has 0 fully saturated rings. The third-order valence-corrected chi connectivity index (χ3v) is 3.08. The van der Waals surface area contributed by atoms with E-state index >= 15 is 0 Å². The zero-order chi connectivity index (χ0) is 12.6. The summed E-state index contributed by atoms with van der Waals surface area (Å²) in [6.07, 6.45) is -7.22. The smallest absolute Gasteiger partial charge is 0.241 e. The lowest BCUT2D eigenvalue weighted by atomic mass is 10.1. The van der Waals surface area contributed by atoms with Crippen molar-refractivity contribution in [2.75, 3.05) is 5.75 Å². The van der Waals surface area contributed by atoms with E-state index in [-0.39, 0.29) is 11.5 Å². The molecule has 0 bridgehead atoms. The lowest BCUT2D eigenvalue weighted by Crippen LogP contribution is -2.20. The average molecular weight is 260 g/mol. The van der Waals surface area contributed by atoms with Crippen LogP contribution in [0.15, 0.2) is 0 Å². The molecule has 6 heteroatoms. The van der Waals surface area contributed by atoms with Crippen LogP contribution in [0, 0.1) is 0 Å². The molecule has 0 aliphatic heterocycles. The van der Waals surface area contributed by atoms with E-state index < -0.39 is 25.2 Å². The first-order valence-electron chi connectivity index (χ1n) is 5.19. The van der Waals surface area contributed by atoms with E-state index in [4.69, 9.17) is 0 Å². The fourth-order valence-corrected chi connectivity index (χ4v) is 1.81. The molecule has 0 saturated heterocycles. The summed E-state index contributed by atoms with van der Waals surface area (Å²) >= 11 is 1.07. The maximum Gasteiger partial charge on any atom is 0.241 e. The van der Waals surface area contributed by atoms with E-state index in [2.05, 4.69) is 0 Å². The molecule has 2 unspecified atom stereocenters. The SMILES string of the molecule is CCC(=O)SCCCC(F)C(F)CC(F)F. The molecular formula is C10H16F4OS. The van der Waals surface area contributed by atoms with Gasteiger partial charge in [0.1, 0.15) is 12.3 Å². The van der Waals surface area contributed by atoms with Crippen LogP contribution in [0.5, 0.6) is 0 Å². The summed E-state index contributed by atoms with van der Waals surface area (Å²) in [4.78, 5) is 10.8. The first-order valence-corrected chi connectivity index (χ1v) is 6.17. The van der Waals surface area contributed by atoms with Crippen molar-refractivity contribution >= 4 is 16.9 Å². The number of hydrogen-bond donors (Lipinski definition) is 0. The Balaban J connectivity index is 3.56. The Hall–Kier alpha value is -0.260. The minimum atomic E-state index is -2.82. The van der Waals surface area contributed by atoms with E-state index in [1.165, 1.54) is 0 Å². The van der Waals surface area contributed by atoms with Crippen molar-refractivity contribution in [1.82, 2.24) is 0 Å². The van der Waals surface area contributed by atoms with E-state index in [1.807, 2.05) is 0 Å². The van der Waals surface area contributed by atoms with Crippen LogP contribution in [0.2, 0.25) is 0 Å². The monoisotopic (exact) mass is 260 g/mol. The Bertz CT molecular complexity index is 201. The maximum atomic E-state index is 13.0. The first-order chi connectivity index (χ1) is 7.47. The predicted octanol–water partition coefficient (Wildman–Crippen LogP) is 3.77. The summed E-state index contributed by atoms with van der Waals surface area (Å²) < 4.78 is 49.2. The molecule has 0 saturated carbocycles. The van der Waals surface area contributed by atoms with Crippen LogP contribution in [-0.2, 0) is 4.79 Å². The van der Waals surface area contributed by atoms with Crippen molar-refractivity contribution < 1.29 is 22.4 Å². The van der Waals surface area contributed by atoms with Gasteiger partial charge in [0.15, 0.2) is 5.12 Å². The van der Waals surface area contributed by atoms with Gasteiger partial charge in [-0.2, -0.15) is 0 Å². The topological polar surface area (TPSA) is 17.1 Å². The molecule has 1 nitrogen and oxygen atoms in total. The number of hydrogen-bond acceptors (Lipinski definition) is 2. The first kappa shape index (κ1) is 15.7. The van der Waals surface area contributed by atoms with Gasteiger partial charge < -0.3 is 0 Å². The summed E-state index contributed by atoms with van der Waals surface area (Å²) in [5.74, 6) is 0.411.